The van der Waals surface area contributed by atoms with Crippen LogP contribution >= 0.6 is 0 Å². The summed E-state index contributed by atoms with van der Waals surface area (Å²) in [4.78, 5) is 36.3. The van der Waals surface area contributed by atoms with Gasteiger partial charge in [0.25, 0.3) is 0 Å². The summed E-state index contributed by atoms with van der Waals surface area (Å²) in [6.07, 6.45) is 8.15. The second-order valence-electron chi connectivity index (χ2n) is 9.41. The number of carbonyl (C=O) groups excluding carboxylic acids is 2. The number of hydrogen-bond donors (Lipinski definition) is 3. The molecule has 0 spiro atoms. The van der Waals surface area contributed by atoms with Gasteiger partial charge in [-0.2, -0.15) is 0 Å². The normalized spacial score (nSPS) is 31.7. The molecule has 6 nitrogen and oxygen atoms in total. The van der Waals surface area contributed by atoms with Crippen LogP contribution in [0.2, 0.25) is 0 Å². The molecule has 6 heteroatoms. The Morgan fingerprint density at radius 3 is 2.40 bits per heavy atom. The summed E-state index contributed by atoms with van der Waals surface area (Å²) >= 11 is 0. The number of carboxylic acids is 1. The minimum absolute atomic E-state index is 0.00146. The number of unbranched alkanes of at least 4 members (excludes halogenated alkanes) is 1. The van der Waals surface area contributed by atoms with E-state index in [1.54, 1.807) is 12.2 Å². The van der Waals surface area contributed by atoms with E-state index in [1.807, 2.05) is 0 Å². The summed E-state index contributed by atoms with van der Waals surface area (Å²) in [6, 6.07) is 0. The topological polar surface area (TPSA) is 112 Å². The van der Waals surface area contributed by atoms with Gasteiger partial charge in [-0.05, 0) is 38.0 Å². The molecular weight excluding hydrogens is 384 g/mol. The van der Waals surface area contributed by atoms with Crippen molar-refractivity contribution < 1.29 is 29.7 Å². The van der Waals surface area contributed by atoms with Crippen molar-refractivity contribution in [3.63, 3.8) is 0 Å². The van der Waals surface area contributed by atoms with Gasteiger partial charge in [0.15, 0.2) is 0 Å². The third kappa shape index (κ3) is 7.02. The average molecular weight is 423 g/mol. The molecule has 0 saturated heterocycles. The molecule has 0 bridgehead atoms. The van der Waals surface area contributed by atoms with E-state index in [1.165, 1.54) is 0 Å². The van der Waals surface area contributed by atoms with Crippen LogP contribution in [0, 0.1) is 29.6 Å². The van der Waals surface area contributed by atoms with Gasteiger partial charge in [-0.3, -0.25) is 14.4 Å². The van der Waals surface area contributed by atoms with E-state index >= 15 is 0 Å². The lowest BCUT2D eigenvalue weighted by Gasteiger charge is -2.26. The number of carbonyl (C=O) groups is 3. The van der Waals surface area contributed by atoms with Gasteiger partial charge in [0.05, 0.1) is 18.1 Å². The lowest BCUT2D eigenvalue weighted by atomic mass is 9.77. The molecule has 0 amide bonds. The molecule has 2 saturated carbocycles. The van der Waals surface area contributed by atoms with E-state index in [0.29, 0.717) is 38.0 Å². The Labute approximate surface area is 179 Å². The Kier molecular flexibility index (Phi) is 9.69. The van der Waals surface area contributed by atoms with Gasteiger partial charge >= 0.3 is 5.97 Å². The van der Waals surface area contributed by atoms with Crippen LogP contribution in [-0.2, 0) is 14.4 Å². The number of hydrogen-bond acceptors (Lipinski definition) is 5. The molecule has 0 radical (unpaired) electrons. The fourth-order valence-electron chi connectivity index (χ4n) is 4.95. The van der Waals surface area contributed by atoms with Gasteiger partial charge in [0, 0.05) is 30.6 Å². The second-order valence-corrected chi connectivity index (χ2v) is 9.41. The number of ketones is 2. The summed E-state index contributed by atoms with van der Waals surface area (Å²) in [5.41, 5.74) is 0. The second kappa shape index (κ2) is 11.8. The predicted molar refractivity (Wildman–Crippen MR) is 114 cm³/mol. The molecule has 0 aliphatic heterocycles. The van der Waals surface area contributed by atoms with Gasteiger partial charge in [0.1, 0.15) is 11.6 Å². The van der Waals surface area contributed by atoms with Crippen molar-refractivity contribution in [3.05, 3.63) is 12.2 Å². The lowest BCUT2D eigenvalue weighted by Crippen LogP contribution is -2.29. The molecular formula is C24H38O6. The predicted octanol–water partition coefficient (Wildman–Crippen LogP) is 3.54. The highest BCUT2D eigenvalue weighted by molar-refractivity contribution is 5.91. The summed E-state index contributed by atoms with van der Waals surface area (Å²) in [5, 5.41) is 29.7. The minimum atomic E-state index is -0.820. The molecule has 2 aliphatic carbocycles. The first-order valence-electron chi connectivity index (χ1n) is 11.6. The van der Waals surface area contributed by atoms with Crippen LogP contribution in [-0.4, -0.2) is 45.1 Å². The lowest BCUT2D eigenvalue weighted by molar-refractivity contribution is -0.144. The average Bonchev–Trinajstić information content (AvgIpc) is 2.97. The highest BCUT2D eigenvalue weighted by Gasteiger charge is 2.42. The summed E-state index contributed by atoms with van der Waals surface area (Å²) in [5.74, 6) is -2.07. The standard InChI is InChI=1S/C24H38O6/c1-3-4-5-15(2)12-18(25)10-11-19-20(23(28)14-22(19)27)13-21(26)16-6-8-17(9-7-16)24(29)30/h10-11,15-20,22,25,27H,3-9,12-14H2,1-2H3,(H,29,30)/b11-10+/t15?,16?,17?,18-,19-,20-,22-/m1/s1. The SMILES string of the molecule is CCCCC(C)C[C@H](O)/C=C/[C@H]1[C@H](O)CC(=O)[C@@H]1CC(=O)C1CCC(C(=O)O)CC1. The van der Waals surface area contributed by atoms with Crippen LogP contribution in [0.1, 0.15) is 78.1 Å². The van der Waals surface area contributed by atoms with E-state index in [2.05, 4.69) is 13.8 Å². The van der Waals surface area contributed by atoms with E-state index < -0.39 is 30.0 Å². The van der Waals surface area contributed by atoms with Gasteiger partial charge in [0.2, 0.25) is 0 Å². The molecule has 0 aromatic carbocycles. The monoisotopic (exact) mass is 422 g/mol. The van der Waals surface area contributed by atoms with Crippen molar-refractivity contribution in [2.75, 3.05) is 0 Å². The van der Waals surface area contributed by atoms with Crippen LogP contribution < -0.4 is 0 Å². The van der Waals surface area contributed by atoms with Gasteiger partial charge in [-0.25, -0.2) is 0 Å². The highest BCUT2D eigenvalue weighted by atomic mass is 16.4. The molecule has 5 atom stereocenters. The van der Waals surface area contributed by atoms with Crippen molar-refractivity contribution in [3.8, 4) is 0 Å². The van der Waals surface area contributed by atoms with Gasteiger partial charge in [-0.15, -0.1) is 0 Å². The molecule has 0 aromatic heterocycles. The number of carboxylic acid groups (broad SMARTS) is 1. The minimum Gasteiger partial charge on any atom is -0.481 e. The van der Waals surface area contributed by atoms with Crippen molar-refractivity contribution in [2.24, 2.45) is 29.6 Å². The third-order valence-corrected chi connectivity index (χ3v) is 6.94. The Morgan fingerprint density at radius 2 is 1.80 bits per heavy atom. The first kappa shape index (κ1) is 24.7. The molecule has 2 fully saturated rings. The smallest absolute Gasteiger partial charge is 0.306 e. The quantitative estimate of drug-likeness (QED) is 0.439. The van der Waals surface area contributed by atoms with Crippen molar-refractivity contribution >= 4 is 17.5 Å². The van der Waals surface area contributed by atoms with Gasteiger partial charge < -0.3 is 15.3 Å². The van der Waals surface area contributed by atoms with Crippen LogP contribution in [0.25, 0.3) is 0 Å². The Hall–Kier alpha value is -1.53. The fraction of sp³-hybridized carbons (Fsp3) is 0.792. The zero-order valence-corrected chi connectivity index (χ0v) is 18.3. The van der Waals surface area contributed by atoms with E-state index in [-0.39, 0.29) is 36.2 Å². The molecule has 1 unspecified atom stereocenters. The summed E-state index contributed by atoms with van der Waals surface area (Å²) in [6.45, 7) is 4.25. The molecule has 0 heterocycles. The molecule has 0 aromatic rings. The maximum absolute atomic E-state index is 12.8. The third-order valence-electron chi connectivity index (χ3n) is 6.94. The van der Waals surface area contributed by atoms with Crippen LogP contribution in [0.15, 0.2) is 12.2 Å². The Bertz CT molecular complexity index is 619. The van der Waals surface area contributed by atoms with E-state index in [9.17, 15) is 24.6 Å². The number of aliphatic hydroxyl groups is 2. The maximum atomic E-state index is 12.8. The van der Waals surface area contributed by atoms with Gasteiger partial charge in [-0.1, -0.05) is 45.3 Å². The van der Waals surface area contributed by atoms with Crippen molar-refractivity contribution in [1.82, 2.24) is 0 Å². The summed E-state index contributed by atoms with van der Waals surface area (Å²) < 4.78 is 0. The fourth-order valence-corrected chi connectivity index (χ4v) is 4.95. The number of rotatable bonds is 11. The first-order valence-corrected chi connectivity index (χ1v) is 11.6. The number of aliphatic hydroxyl groups excluding tert-OH is 2. The van der Waals surface area contributed by atoms with Crippen LogP contribution in [0.4, 0.5) is 0 Å². The highest BCUT2D eigenvalue weighted by Crippen LogP contribution is 2.36. The first-order chi connectivity index (χ1) is 14.2. The molecule has 2 aliphatic rings. The Morgan fingerprint density at radius 1 is 1.17 bits per heavy atom. The molecule has 170 valence electrons. The summed E-state index contributed by atoms with van der Waals surface area (Å²) in [7, 11) is 0. The van der Waals surface area contributed by atoms with E-state index in [0.717, 1.165) is 19.3 Å². The van der Waals surface area contributed by atoms with Crippen LogP contribution in [0.5, 0.6) is 0 Å². The Balaban J connectivity index is 1.91. The maximum Gasteiger partial charge on any atom is 0.306 e. The molecule has 3 N–H and O–H groups in total. The van der Waals surface area contributed by atoms with Crippen LogP contribution in [0.3, 0.4) is 0 Å². The number of Topliss-reactive ketones (excluding diaryl/α,β-unsaturated/α-hetero) is 2. The van der Waals surface area contributed by atoms with Crippen molar-refractivity contribution in [1.29, 1.82) is 0 Å². The molecule has 2 rings (SSSR count). The zero-order chi connectivity index (χ0) is 22.3. The zero-order valence-electron chi connectivity index (χ0n) is 18.3. The largest absolute Gasteiger partial charge is 0.481 e. The number of aliphatic carboxylic acids is 1. The molecule has 30 heavy (non-hydrogen) atoms. The van der Waals surface area contributed by atoms with Crippen molar-refractivity contribution in [2.45, 2.75) is 90.3 Å². The van der Waals surface area contributed by atoms with E-state index in [4.69, 9.17) is 5.11 Å².